The fraction of sp³-hybridized carbons (Fsp3) is 0.0833. The lowest BCUT2D eigenvalue weighted by molar-refractivity contribution is 1.14. The Kier molecular flexibility index (Phi) is 2.42. The molecular weight excluding hydrogens is 186 g/mol. The van der Waals surface area contributed by atoms with Gasteiger partial charge in [-0.25, -0.2) is 9.97 Å². The molecular formula is C12H9N3. The van der Waals surface area contributed by atoms with Crippen LogP contribution in [0.2, 0.25) is 0 Å². The number of nitrogens with zero attached hydrogens (tertiary/aromatic N) is 3. The van der Waals surface area contributed by atoms with Crippen molar-refractivity contribution in [3.8, 4) is 17.5 Å². The normalized spacial score (nSPS) is 9.60. The monoisotopic (exact) mass is 195 g/mol. The third kappa shape index (κ3) is 2.00. The molecule has 1 aromatic heterocycles. The SMILES string of the molecule is Cc1cnc(-c2cccc(C#N)c2)nc1. The second-order valence-corrected chi connectivity index (χ2v) is 3.28. The van der Waals surface area contributed by atoms with Crippen molar-refractivity contribution in [2.24, 2.45) is 0 Å². The molecule has 0 aliphatic carbocycles. The molecule has 72 valence electrons. The molecule has 0 radical (unpaired) electrons. The first-order chi connectivity index (χ1) is 7.29. The van der Waals surface area contributed by atoms with Gasteiger partial charge in [0, 0.05) is 18.0 Å². The van der Waals surface area contributed by atoms with Crippen molar-refractivity contribution in [2.45, 2.75) is 6.92 Å². The first-order valence-electron chi connectivity index (χ1n) is 4.59. The van der Waals surface area contributed by atoms with E-state index in [1.165, 1.54) is 0 Å². The Morgan fingerprint density at radius 1 is 1.20 bits per heavy atom. The van der Waals surface area contributed by atoms with Gasteiger partial charge in [-0.1, -0.05) is 12.1 Å². The average Bonchev–Trinajstić information content (AvgIpc) is 2.30. The van der Waals surface area contributed by atoms with E-state index in [1.54, 1.807) is 24.5 Å². The maximum absolute atomic E-state index is 8.76. The lowest BCUT2D eigenvalue weighted by Crippen LogP contribution is -1.89. The Morgan fingerprint density at radius 2 is 1.93 bits per heavy atom. The molecule has 3 nitrogen and oxygen atoms in total. The van der Waals surface area contributed by atoms with Crippen molar-refractivity contribution < 1.29 is 0 Å². The minimum absolute atomic E-state index is 0.622. The fourth-order valence-electron chi connectivity index (χ4n) is 1.27. The van der Waals surface area contributed by atoms with Crippen LogP contribution in [0.5, 0.6) is 0 Å². The van der Waals surface area contributed by atoms with Crippen molar-refractivity contribution in [1.82, 2.24) is 9.97 Å². The second-order valence-electron chi connectivity index (χ2n) is 3.28. The van der Waals surface area contributed by atoms with Gasteiger partial charge in [-0.15, -0.1) is 0 Å². The molecule has 0 amide bonds. The van der Waals surface area contributed by atoms with E-state index < -0.39 is 0 Å². The number of aryl methyl sites for hydroxylation is 1. The van der Waals surface area contributed by atoms with Crippen LogP contribution in [-0.4, -0.2) is 9.97 Å². The summed E-state index contributed by atoms with van der Waals surface area (Å²) in [5.41, 5.74) is 2.51. The van der Waals surface area contributed by atoms with E-state index >= 15 is 0 Å². The van der Waals surface area contributed by atoms with Crippen LogP contribution >= 0.6 is 0 Å². The van der Waals surface area contributed by atoms with Crippen molar-refractivity contribution >= 4 is 0 Å². The number of hydrogen-bond donors (Lipinski definition) is 0. The van der Waals surface area contributed by atoms with Gasteiger partial charge in [0.15, 0.2) is 5.82 Å². The number of nitriles is 1. The zero-order valence-electron chi connectivity index (χ0n) is 8.31. The Labute approximate surface area is 88.1 Å². The molecule has 15 heavy (non-hydrogen) atoms. The van der Waals surface area contributed by atoms with Crippen LogP contribution in [0.1, 0.15) is 11.1 Å². The molecule has 0 aliphatic heterocycles. The molecule has 2 rings (SSSR count). The summed E-state index contributed by atoms with van der Waals surface area (Å²) in [6.45, 7) is 1.94. The van der Waals surface area contributed by atoms with Crippen LogP contribution in [0.25, 0.3) is 11.4 Å². The molecule has 0 bridgehead atoms. The van der Waals surface area contributed by atoms with E-state index in [1.807, 2.05) is 19.1 Å². The van der Waals surface area contributed by atoms with Crippen molar-refractivity contribution in [3.05, 3.63) is 47.8 Å². The third-order valence-corrected chi connectivity index (χ3v) is 2.03. The summed E-state index contributed by atoms with van der Waals surface area (Å²) in [5.74, 6) is 0.651. The topological polar surface area (TPSA) is 49.6 Å². The van der Waals surface area contributed by atoms with E-state index in [0.29, 0.717) is 11.4 Å². The van der Waals surface area contributed by atoms with E-state index in [9.17, 15) is 0 Å². The fourth-order valence-corrected chi connectivity index (χ4v) is 1.27. The van der Waals surface area contributed by atoms with Crippen LogP contribution in [0.15, 0.2) is 36.7 Å². The zero-order valence-corrected chi connectivity index (χ0v) is 8.31. The quantitative estimate of drug-likeness (QED) is 0.701. The van der Waals surface area contributed by atoms with Crippen molar-refractivity contribution in [2.75, 3.05) is 0 Å². The molecule has 0 unspecified atom stereocenters. The summed E-state index contributed by atoms with van der Waals surface area (Å²) >= 11 is 0. The lowest BCUT2D eigenvalue weighted by atomic mass is 10.1. The van der Waals surface area contributed by atoms with Gasteiger partial charge in [-0.2, -0.15) is 5.26 Å². The molecule has 0 saturated carbocycles. The molecule has 0 fully saturated rings. The Morgan fingerprint density at radius 3 is 2.60 bits per heavy atom. The van der Waals surface area contributed by atoms with Crippen molar-refractivity contribution in [3.63, 3.8) is 0 Å². The van der Waals surface area contributed by atoms with Crippen LogP contribution in [0.4, 0.5) is 0 Å². The van der Waals surface area contributed by atoms with Gasteiger partial charge in [-0.3, -0.25) is 0 Å². The Balaban J connectivity index is 2.46. The predicted octanol–water partition coefficient (Wildman–Crippen LogP) is 2.32. The highest BCUT2D eigenvalue weighted by Gasteiger charge is 2.00. The average molecular weight is 195 g/mol. The van der Waals surface area contributed by atoms with Crippen LogP contribution in [0.3, 0.4) is 0 Å². The van der Waals surface area contributed by atoms with Gasteiger partial charge in [0.05, 0.1) is 11.6 Å². The van der Waals surface area contributed by atoms with Crippen molar-refractivity contribution in [1.29, 1.82) is 5.26 Å². The largest absolute Gasteiger partial charge is 0.236 e. The zero-order chi connectivity index (χ0) is 10.7. The maximum Gasteiger partial charge on any atom is 0.159 e. The van der Waals surface area contributed by atoms with Gasteiger partial charge in [0.2, 0.25) is 0 Å². The summed E-state index contributed by atoms with van der Waals surface area (Å²) in [4.78, 5) is 8.41. The molecule has 3 heteroatoms. The van der Waals surface area contributed by atoms with E-state index in [-0.39, 0.29) is 0 Å². The molecule has 0 atom stereocenters. The number of benzene rings is 1. The smallest absolute Gasteiger partial charge is 0.159 e. The summed E-state index contributed by atoms with van der Waals surface area (Å²) < 4.78 is 0. The third-order valence-electron chi connectivity index (χ3n) is 2.03. The maximum atomic E-state index is 8.76. The molecule has 1 aromatic carbocycles. The van der Waals surface area contributed by atoms with Gasteiger partial charge in [0.1, 0.15) is 0 Å². The van der Waals surface area contributed by atoms with E-state index in [2.05, 4.69) is 16.0 Å². The second kappa shape index (κ2) is 3.89. The van der Waals surface area contributed by atoms with Gasteiger partial charge in [0.25, 0.3) is 0 Å². The Bertz CT molecular complexity index is 509. The first kappa shape index (κ1) is 9.35. The minimum Gasteiger partial charge on any atom is -0.236 e. The lowest BCUT2D eigenvalue weighted by Gasteiger charge is -1.99. The molecule has 0 aliphatic rings. The summed E-state index contributed by atoms with van der Waals surface area (Å²) in [7, 11) is 0. The van der Waals surface area contributed by atoms with E-state index in [0.717, 1.165) is 11.1 Å². The van der Waals surface area contributed by atoms with Crippen LogP contribution < -0.4 is 0 Å². The molecule has 1 heterocycles. The molecule has 0 spiro atoms. The van der Waals surface area contributed by atoms with Crippen LogP contribution in [-0.2, 0) is 0 Å². The minimum atomic E-state index is 0.622. The summed E-state index contributed by atoms with van der Waals surface area (Å²) in [6.07, 6.45) is 3.53. The van der Waals surface area contributed by atoms with E-state index in [4.69, 9.17) is 5.26 Å². The number of aromatic nitrogens is 2. The predicted molar refractivity (Wildman–Crippen MR) is 56.9 cm³/mol. The highest BCUT2D eigenvalue weighted by Crippen LogP contribution is 2.15. The first-order valence-corrected chi connectivity index (χ1v) is 4.59. The standard InChI is InChI=1S/C12H9N3/c1-9-7-14-12(15-8-9)11-4-2-3-10(5-11)6-13/h2-5,7-8H,1H3. The number of hydrogen-bond acceptors (Lipinski definition) is 3. The molecule has 0 saturated heterocycles. The number of rotatable bonds is 1. The van der Waals surface area contributed by atoms with Gasteiger partial charge in [-0.05, 0) is 24.6 Å². The molecule has 0 N–H and O–H groups in total. The molecule has 2 aromatic rings. The highest BCUT2D eigenvalue weighted by molar-refractivity contribution is 5.57. The summed E-state index contributed by atoms with van der Waals surface area (Å²) in [5, 5.41) is 8.76. The van der Waals surface area contributed by atoms with Gasteiger partial charge >= 0.3 is 0 Å². The van der Waals surface area contributed by atoms with Gasteiger partial charge < -0.3 is 0 Å². The summed E-state index contributed by atoms with van der Waals surface area (Å²) in [6, 6.07) is 9.36. The highest BCUT2D eigenvalue weighted by atomic mass is 14.9. The van der Waals surface area contributed by atoms with Crippen LogP contribution in [0, 0.1) is 18.3 Å². The Hall–Kier alpha value is -2.21.